The minimum Gasteiger partial charge on any atom is -0.298 e. The smallest absolute Gasteiger partial charge is 0.298 e. The van der Waals surface area contributed by atoms with Gasteiger partial charge in [0.1, 0.15) is 0 Å². The van der Waals surface area contributed by atoms with E-state index in [1.165, 1.54) is 10.8 Å². The van der Waals surface area contributed by atoms with Crippen LogP contribution in [0.25, 0.3) is 0 Å². The fourth-order valence-corrected chi connectivity index (χ4v) is 0.728. The van der Waals surface area contributed by atoms with Gasteiger partial charge in [-0.15, -0.1) is 0 Å². The topological polar surface area (TPSA) is 58.7 Å². The first kappa shape index (κ1) is 7.48. The molecule has 56 valence electrons. The molecule has 0 amide bonds. The number of hydrogen-bond acceptors (Lipinski definition) is 3. The predicted molar refractivity (Wildman–Crippen MR) is 38.7 cm³/mol. The first-order valence-corrected chi connectivity index (χ1v) is 3.23. The van der Waals surface area contributed by atoms with Crippen LogP contribution in [0.4, 0.5) is 0 Å². The molecule has 1 rings (SSSR count). The first-order chi connectivity index (χ1) is 5.34. The van der Waals surface area contributed by atoms with Crippen LogP contribution in [0.5, 0.6) is 0 Å². The molecule has 11 heavy (non-hydrogen) atoms. The summed E-state index contributed by atoms with van der Waals surface area (Å²) >= 11 is 0. The van der Waals surface area contributed by atoms with Gasteiger partial charge in [0.25, 0.3) is 0 Å². The van der Waals surface area contributed by atoms with E-state index in [0.717, 1.165) is 0 Å². The number of hydrogen-bond donors (Lipinski definition) is 0. The van der Waals surface area contributed by atoms with Crippen molar-refractivity contribution in [1.82, 2.24) is 9.55 Å². The summed E-state index contributed by atoms with van der Waals surface area (Å²) in [6, 6.07) is 3.62. The lowest BCUT2D eigenvalue weighted by Crippen LogP contribution is -2.21. The van der Waals surface area contributed by atoms with Crippen LogP contribution < -0.4 is 5.69 Å². The highest BCUT2D eigenvalue weighted by Crippen LogP contribution is 1.82. The lowest BCUT2D eigenvalue weighted by atomic mass is 10.4. The number of aryl methyl sites for hydroxylation is 1. The number of aromatic nitrogens is 2. The lowest BCUT2D eigenvalue weighted by molar-refractivity contribution is 0.663. The molecule has 4 nitrogen and oxygen atoms in total. The van der Waals surface area contributed by atoms with Crippen LogP contribution in [0.2, 0.25) is 0 Å². The Bertz CT molecular complexity index is 323. The minimum atomic E-state index is -0.303. The maximum absolute atomic E-state index is 10.9. The zero-order valence-corrected chi connectivity index (χ0v) is 5.90. The largest absolute Gasteiger partial charge is 0.347 e. The average molecular weight is 149 g/mol. The fraction of sp³-hybridized carbons (Fsp3) is 0.286. The summed E-state index contributed by atoms with van der Waals surface area (Å²) in [5.74, 6) is 0. The molecular weight excluding hydrogens is 142 g/mol. The zero-order chi connectivity index (χ0) is 8.10. The van der Waals surface area contributed by atoms with Gasteiger partial charge in [-0.3, -0.25) is 4.57 Å². The van der Waals surface area contributed by atoms with Crippen LogP contribution in [0.3, 0.4) is 0 Å². The van der Waals surface area contributed by atoms with Crippen molar-refractivity contribution in [2.45, 2.75) is 13.0 Å². The Balaban J connectivity index is 2.80. The van der Waals surface area contributed by atoms with Crippen LogP contribution in [0, 0.1) is 11.3 Å². The van der Waals surface area contributed by atoms with Crippen LogP contribution in [-0.4, -0.2) is 9.55 Å². The summed E-state index contributed by atoms with van der Waals surface area (Å²) in [4.78, 5) is 14.4. The third-order valence-corrected chi connectivity index (χ3v) is 1.25. The highest BCUT2D eigenvalue weighted by atomic mass is 16.1. The van der Waals surface area contributed by atoms with E-state index >= 15 is 0 Å². The molecule has 1 heterocycles. The Morgan fingerprint density at radius 1 is 1.73 bits per heavy atom. The lowest BCUT2D eigenvalue weighted by Gasteiger charge is -1.97. The summed E-state index contributed by atoms with van der Waals surface area (Å²) in [5.41, 5.74) is -0.303. The molecule has 0 aromatic carbocycles. The molecule has 1 aromatic heterocycles. The maximum atomic E-state index is 10.9. The van der Waals surface area contributed by atoms with Gasteiger partial charge in [-0.1, -0.05) is 0 Å². The number of nitrogens with zero attached hydrogens (tertiary/aromatic N) is 3. The van der Waals surface area contributed by atoms with Crippen molar-refractivity contribution in [2.75, 3.05) is 0 Å². The zero-order valence-electron chi connectivity index (χ0n) is 5.90. The number of nitriles is 1. The normalized spacial score (nSPS) is 9.00. The highest BCUT2D eigenvalue weighted by Gasteiger charge is 1.91. The Morgan fingerprint density at radius 3 is 3.18 bits per heavy atom. The molecule has 0 aliphatic heterocycles. The second kappa shape index (κ2) is 3.52. The minimum absolute atomic E-state index is 0.303. The summed E-state index contributed by atoms with van der Waals surface area (Å²) < 4.78 is 1.41. The molecule has 0 radical (unpaired) electrons. The average Bonchev–Trinajstić information content (AvgIpc) is 2.03. The summed E-state index contributed by atoms with van der Waals surface area (Å²) in [7, 11) is 0. The molecule has 0 aliphatic rings. The molecule has 1 aromatic rings. The van der Waals surface area contributed by atoms with Crippen molar-refractivity contribution in [3.8, 4) is 6.07 Å². The van der Waals surface area contributed by atoms with Gasteiger partial charge >= 0.3 is 5.69 Å². The van der Waals surface area contributed by atoms with E-state index in [4.69, 9.17) is 5.26 Å². The number of rotatable bonds is 2. The quantitative estimate of drug-likeness (QED) is 0.601. The van der Waals surface area contributed by atoms with Crippen molar-refractivity contribution in [2.24, 2.45) is 0 Å². The van der Waals surface area contributed by atoms with Crippen molar-refractivity contribution >= 4 is 0 Å². The second-order valence-electron chi connectivity index (χ2n) is 2.00. The van der Waals surface area contributed by atoms with E-state index < -0.39 is 0 Å². The van der Waals surface area contributed by atoms with E-state index in [1.54, 1.807) is 12.3 Å². The van der Waals surface area contributed by atoms with E-state index in [2.05, 4.69) is 4.98 Å². The van der Waals surface area contributed by atoms with Crippen LogP contribution in [-0.2, 0) is 6.54 Å². The van der Waals surface area contributed by atoms with Gasteiger partial charge in [0.05, 0.1) is 12.5 Å². The summed E-state index contributed by atoms with van der Waals surface area (Å²) in [6.07, 6.45) is 3.39. The first-order valence-electron chi connectivity index (χ1n) is 3.23. The maximum Gasteiger partial charge on any atom is 0.347 e. The van der Waals surface area contributed by atoms with Gasteiger partial charge in [-0.25, -0.2) is 9.78 Å². The van der Waals surface area contributed by atoms with Gasteiger partial charge < -0.3 is 0 Å². The van der Waals surface area contributed by atoms with Crippen molar-refractivity contribution in [1.29, 1.82) is 5.26 Å². The summed E-state index contributed by atoms with van der Waals surface area (Å²) in [6.45, 7) is 0.420. The van der Waals surface area contributed by atoms with Crippen LogP contribution >= 0.6 is 0 Å². The molecule has 0 atom stereocenters. The fourth-order valence-electron chi connectivity index (χ4n) is 0.728. The third kappa shape index (κ3) is 1.90. The molecule has 0 saturated carbocycles. The van der Waals surface area contributed by atoms with E-state index in [-0.39, 0.29) is 5.69 Å². The van der Waals surface area contributed by atoms with Gasteiger partial charge in [-0.2, -0.15) is 5.26 Å². The highest BCUT2D eigenvalue weighted by molar-refractivity contribution is 4.82. The molecule has 4 heteroatoms. The molecule has 0 aliphatic carbocycles. The SMILES string of the molecule is N#CCCn1cccnc1=O. The Kier molecular flexibility index (Phi) is 2.39. The van der Waals surface area contributed by atoms with E-state index in [9.17, 15) is 4.79 Å². The van der Waals surface area contributed by atoms with Crippen molar-refractivity contribution < 1.29 is 0 Å². The molecule has 0 unspecified atom stereocenters. The van der Waals surface area contributed by atoms with Gasteiger partial charge in [0, 0.05) is 18.9 Å². The monoisotopic (exact) mass is 149 g/mol. The standard InChI is InChI=1S/C7H7N3O/c8-3-1-5-10-6-2-4-9-7(10)11/h2,4,6H,1,5H2. The van der Waals surface area contributed by atoms with Gasteiger partial charge in [-0.05, 0) is 6.07 Å². The molecule has 0 spiro atoms. The third-order valence-electron chi connectivity index (χ3n) is 1.25. The predicted octanol–water partition coefficient (Wildman–Crippen LogP) is 0.157. The van der Waals surface area contributed by atoms with Gasteiger partial charge in [0.15, 0.2) is 0 Å². The Labute approximate surface area is 63.7 Å². The molecule has 0 bridgehead atoms. The van der Waals surface area contributed by atoms with Crippen LogP contribution in [0.15, 0.2) is 23.3 Å². The Morgan fingerprint density at radius 2 is 2.55 bits per heavy atom. The van der Waals surface area contributed by atoms with Crippen molar-refractivity contribution in [3.05, 3.63) is 28.9 Å². The van der Waals surface area contributed by atoms with Gasteiger partial charge in [0.2, 0.25) is 0 Å². The molecular formula is C7H7N3O. The molecule has 0 fully saturated rings. The van der Waals surface area contributed by atoms with Crippen LogP contribution in [0.1, 0.15) is 6.42 Å². The van der Waals surface area contributed by atoms with E-state index in [1.807, 2.05) is 6.07 Å². The molecule has 0 N–H and O–H groups in total. The van der Waals surface area contributed by atoms with Crippen molar-refractivity contribution in [3.63, 3.8) is 0 Å². The Hall–Kier alpha value is -1.63. The second-order valence-corrected chi connectivity index (χ2v) is 2.00. The molecule has 0 saturated heterocycles. The summed E-state index contributed by atoms with van der Waals surface area (Å²) in [5, 5.41) is 8.23. The van der Waals surface area contributed by atoms with E-state index in [0.29, 0.717) is 13.0 Å².